The number of phosphoric ester groups is 2. The van der Waals surface area contributed by atoms with E-state index < -0.39 is 97.5 Å². The lowest BCUT2D eigenvalue weighted by Crippen LogP contribution is -2.30. The molecule has 0 spiro atoms. The Kier molecular flexibility index (Phi) is 66.6. The lowest BCUT2D eigenvalue weighted by atomic mass is 10.0. The third-order valence-electron chi connectivity index (χ3n) is 15.6. The summed E-state index contributed by atoms with van der Waals surface area (Å²) in [6, 6.07) is 0. The molecule has 96 heavy (non-hydrogen) atoms. The van der Waals surface area contributed by atoms with Crippen LogP contribution in [0.3, 0.4) is 0 Å². The van der Waals surface area contributed by atoms with Gasteiger partial charge in [0.05, 0.1) is 26.4 Å². The molecule has 0 aliphatic rings. The lowest BCUT2D eigenvalue weighted by Gasteiger charge is -2.21. The molecule has 5 atom stereocenters. The summed E-state index contributed by atoms with van der Waals surface area (Å²) in [5, 5.41) is 10.6. The maximum absolute atomic E-state index is 13.1. The molecule has 0 saturated heterocycles. The van der Waals surface area contributed by atoms with E-state index in [1.54, 1.807) is 0 Å². The molecule has 0 bridgehead atoms. The second kappa shape index (κ2) is 69.5. The Bertz CT molecular complexity index is 2200. The van der Waals surface area contributed by atoms with Gasteiger partial charge in [0.15, 0.2) is 12.2 Å². The molecule has 0 aliphatic carbocycles. The molecule has 19 heteroatoms. The topological polar surface area (TPSA) is 237 Å². The highest BCUT2D eigenvalue weighted by molar-refractivity contribution is 7.47. The van der Waals surface area contributed by atoms with Crippen LogP contribution in [0.25, 0.3) is 0 Å². The van der Waals surface area contributed by atoms with Gasteiger partial charge in [0.2, 0.25) is 0 Å². The van der Waals surface area contributed by atoms with Crippen LogP contribution in [0, 0.1) is 0 Å². The molecule has 17 nitrogen and oxygen atoms in total. The van der Waals surface area contributed by atoms with E-state index in [4.69, 9.17) is 37.0 Å². The van der Waals surface area contributed by atoms with E-state index in [1.165, 1.54) is 89.9 Å². The monoisotopic (exact) mass is 1390 g/mol. The number of rotatable bonds is 70. The SMILES string of the molecule is CC/C=C\C/C=C\C/C=C\C/C=C\C/C=C\CCCC(=O)OCC(COP(=O)(O)OCC(O)COP(=O)(O)OCC(COC(=O)CCCCCCC/C=C\C/C=C\C/C=C\CC)OC(=O)CCCCCCCCCCCCCCC)OC(=O)CCCCCCCCCCCCC. The fraction of sp³-hybridized carbons (Fsp3) is 0.740. The van der Waals surface area contributed by atoms with E-state index in [0.717, 1.165) is 135 Å². The summed E-state index contributed by atoms with van der Waals surface area (Å²) in [5.41, 5.74) is 0. The number of hydrogen-bond donors (Lipinski definition) is 3. The van der Waals surface area contributed by atoms with Crippen LogP contribution < -0.4 is 0 Å². The number of phosphoric acid groups is 2. The fourth-order valence-electron chi connectivity index (χ4n) is 9.92. The minimum Gasteiger partial charge on any atom is -0.462 e. The van der Waals surface area contributed by atoms with Crippen molar-refractivity contribution in [3.8, 4) is 0 Å². The number of aliphatic hydroxyl groups is 1. The van der Waals surface area contributed by atoms with Crippen molar-refractivity contribution < 1.29 is 80.2 Å². The molecule has 0 amide bonds. The lowest BCUT2D eigenvalue weighted by molar-refractivity contribution is -0.161. The summed E-state index contributed by atoms with van der Waals surface area (Å²) in [5.74, 6) is -2.25. The third kappa shape index (κ3) is 68.5. The van der Waals surface area contributed by atoms with Gasteiger partial charge < -0.3 is 33.8 Å². The van der Waals surface area contributed by atoms with Crippen LogP contribution in [0.15, 0.2) is 97.2 Å². The molecule has 0 aromatic carbocycles. The Balaban J connectivity index is 5.36. The van der Waals surface area contributed by atoms with E-state index in [2.05, 4.69) is 113 Å². The fourth-order valence-corrected chi connectivity index (χ4v) is 11.5. The normalized spacial score (nSPS) is 14.5. The van der Waals surface area contributed by atoms with Crippen molar-refractivity contribution in [1.82, 2.24) is 0 Å². The Morgan fingerprint density at radius 2 is 0.552 bits per heavy atom. The van der Waals surface area contributed by atoms with Gasteiger partial charge in [-0.05, 0) is 96.3 Å². The van der Waals surface area contributed by atoms with Gasteiger partial charge in [-0.2, -0.15) is 0 Å². The first kappa shape index (κ1) is 92.0. The molecular weight excluding hydrogens is 1260 g/mol. The molecule has 0 rings (SSSR count). The predicted octanol–water partition coefficient (Wildman–Crippen LogP) is 21.2. The maximum Gasteiger partial charge on any atom is 0.472 e. The van der Waals surface area contributed by atoms with Gasteiger partial charge in [-0.15, -0.1) is 0 Å². The second-order valence-electron chi connectivity index (χ2n) is 24.8. The molecule has 5 unspecified atom stereocenters. The van der Waals surface area contributed by atoms with Crippen molar-refractivity contribution in [3.05, 3.63) is 97.2 Å². The van der Waals surface area contributed by atoms with E-state index in [9.17, 15) is 43.2 Å². The van der Waals surface area contributed by atoms with E-state index in [-0.39, 0.29) is 25.7 Å². The number of hydrogen-bond acceptors (Lipinski definition) is 15. The molecule has 0 aromatic heterocycles. The average molecular weight is 1390 g/mol. The molecule has 554 valence electrons. The molecule has 0 saturated carbocycles. The largest absolute Gasteiger partial charge is 0.472 e. The molecular formula is C77H134O17P2. The van der Waals surface area contributed by atoms with Crippen LogP contribution in [-0.2, 0) is 65.4 Å². The number of carbonyl (C=O) groups is 4. The van der Waals surface area contributed by atoms with Crippen molar-refractivity contribution in [2.45, 2.75) is 329 Å². The zero-order valence-corrected chi connectivity index (χ0v) is 62.1. The highest BCUT2D eigenvalue weighted by Gasteiger charge is 2.30. The molecule has 0 radical (unpaired) electrons. The number of aliphatic hydroxyl groups excluding tert-OH is 1. The van der Waals surface area contributed by atoms with Crippen LogP contribution in [0.2, 0.25) is 0 Å². The third-order valence-corrected chi connectivity index (χ3v) is 17.5. The Morgan fingerprint density at radius 3 is 0.875 bits per heavy atom. The van der Waals surface area contributed by atoms with Gasteiger partial charge in [0, 0.05) is 25.7 Å². The average Bonchev–Trinajstić information content (AvgIpc) is 1.13. The van der Waals surface area contributed by atoms with Crippen molar-refractivity contribution >= 4 is 39.5 Å². The highest BCUT2D eigenvalue weighted by Crippen LogP contribution is 2.45. The van der Waals surface area contributed by atoms with Gasteiger partial charge >= 0.3 is 39.5 Å². The van der Waals surface area contributed by atoms with Crippen LogP contribution >= 0.6 is 15.6 Å². The number of carbonyl (C=O) groups excluding carboxylic acids is 4. The summed E-state index contributed by atoms with van der Waals surface area (Å²) in [4.78, 5) is 72.7. The minimum atomic E-state index is -4.98. The quantitative estimate of drug-likeness (QED) is 0.0169. The predicted molar refractivity (Wildman–Crippen MR) is 390 cm³/mol. The zero-order chi connectivity index (χ0) is 70.4. The van der Waals surface area contributed by atoms with Crippen LogP contribution in [-0.4, -0.2) is 96.7 Å². The molecule has 0 aromatic rings. The van der Waals surface area contributed by atoms with Gasteiger partial charge in [-0.25, -0.2) is 9.13 Å². The Hall–Kier alpha value is -4.02. The number of unbranched alkanes of at least 4 members (excludes halogenated alkanes) is 28. The van der Waals surface area contributed by atoms with Crippen LogP contribution in [0.5, 0.6) is 0 Å². The summed E-state index contributed by atoms with van der Waals surface area (Å²) < 4.78 is 68.3. The summed E-state index contributed by atoms with van der Waals surface area (Å²) in [6.07, 6.45) is 71.3. The highest BCUT2D eigenvalue weighted by atomic mass is 31.2. The number of allylic oxidation sites excluding steroid dienone is 16. The smallest absolute Gasteiger partial charge is 0.462 e. The van der Waals surface area contributed by atoms with Crippen molar-refractivity contribution in [3.63, 3.8) is 0 Å². The van der Waals surface area contributed by atoms with Crippen molar-refractivity contribution in [1.29, 1.82) is 0 Å². The van der Waals surface area contributed by atoms with Gasteiger partial charge in [0.25, 0.3) is 0 Å². The maximum atomic E-state index is 13.1. The van der Waals surface area contributed by atoms with Gasteiger partial charge in [0.1, 0.15) is 19.3 Å². The molecule has 0 fully saturated rings. The summed E-state index contributed by atoms with van der Waals surface area (Å²) in [6.45, 7) is 4.57. The molecule has 3 N–H and O–H groups in total. The first-order valence-corrected chi connectivity index (χ1v) is 40.5. The first-order valence-electron chi connectivity index (χ1n) is 37.5. The van der Waals surface area contributed by atoms with E-state index in [0.29, 0.717) is 32.1 Å². The van der Waals surface area contributed by atoms with Gasteiger partial charge in [-0.3, -0.25) is 37.3 Å². The number of ether oxygens (including phenoxy) is 4. The Labute approximate surface area is 582 Å². The Morgan fingerprint density at radius 1 is 0.302 bits per heavy atom. The second-order valence-corrected chi connectivity index (χ2v) is 27.7. The zero-order valence-electron chi connectivity index (χ0n) is 60.3. The van der Waals surface area contributed by atoms with Crippen LogP contribution in [0.1, 0.15) is 310 Å². The van der Waals surface area contributed by atoms with Gasteiger partial charge in [-0.1, -0.05) is 285 Å². The van der Waals surface area contributed by atoms with E-state index >= 15 is 0 Å². The van der Waals surface area contributed by atoms with Crippen LogP contribution in [0.4, 0.5) is 0 Å². The summed E-state index contributed by atoms with van der Waals surface area (Å²) in [7, 11) is -9.95. The summed E-state index contributed by atoms with van der Waals surface area (Å²) >= 11 is 0. The number of esters is 4. The van der Waals surface area contributed by atoms with Crippen molar-refractivity contribution in [2.75, 3.05) is 39.6 Å². The van der Waals surface area contributed by atoms with E-state index in [1.807, 2.05) is 12.2 Å². The molecule has 0 heterocycles. The molecule has 0 aliphatic heterocycles. The van der Waals surface area contributed by atoms with Crippen molar-refractivity contribution in [2.24, 2.45) is 0 Å². The standard InChI is InChI=1S/C77H134O17P2/c1-5-9-13-17-21-25-29-32-34-35-37-40-43-46-50-54-58-62-75(80)87-67-72(93-76(81)63-59-55-51-47-41-28-24-20-16-12-8-4)69-91-95(83,84)89-65-71(78)66-90-96(85,86)92-70-73(94-77(82)64-60-56-52-48-44-38-31-27-23-19-15-11-7-3)68-88-74(79)61-57-53-49-45-42-39-36-33-30-26-22-18-14-10-6-2/h9-10,13-14,21-22,25-26,32-34,36-37,40,46,50,71-73,78H,5-8,11-12,15-20,23-24,27-31,35,38-39,41-45,47-49,51-70H2,1-4H3,(H,83,84)(H,85,86)/b13-9-,14-10-,25-21-,26-22-,34-32-,36-33-,40-37-,50-46-. The first-order chi connectivity index (χ1) is 46.7. The minimum absolute atomic E-state index is 0.0848.